The third-order valence-electron chi connectivity index (χ3n) is 3.09. The average Bonchev–Trinajstić information content (AvgIpc) is 3.04. The van der Waals surface area contributed by atoms with Gasteiger partial charge < -0.3 is 10.6 Å². The van der Waals surface area contributed by atoms with Crippen LogP contribution in [0.5, 0.6) is 0 Å². The molecule has 0 amide bonds. The highest BCUT2D eigenvalue weighted by Crippen LogP contribution is 2.10. The lowest BCUT2D eigenvalue weighted by Crippen LogP contribution is -2.38. The molecule has 0 saturated carbocycles. The largest absolute Gasteiger partial charge is 0.357 e. The van der Waals surface area contributed by atoms with Crippen LogP contribution in [0.25, 0.3) is 0 Å². The minimum absolute atomic E-state index is 0.668. The van der Waals surface area contributed by atoms with Gasteiger partial charge in [0.15, 0.2) is 5.96 Å². The molecule has 0 aliphatic carbocycles. The highest BCUT2D eigenvalue weighted by Gasteiger charge is 1.98. The van der Waals surface area contributed by atoms with E-state index < -0.39 is 0 Å². The molecule has 2 rings (SSSR count). The Balaban J connectivity index is 1.77. The molecule has 1 heterocycles. The number of nitrogens with zero attached hydrogens (tertiary/aromatic N) is 3. The fourth-order valence-corrected chi connectivity index (χ4v) is 2.25. The van der Waals surface area contributed by atoms with Gasteiger partial charge in [0.25, 0.3) is 0 Å². The van der Waals surface area contributed by atoms with Crippen molar-refractivity contribution >= 4 is 21.9 Å². The quantitative estimate of drug-likeness (QED) is 0.451. The van der Waals surface area contributed by atoms with Gasteiger partial charge in [-0.05, 0) is 37.1 Å². The van der Waals surface area contributed by atoms with Crippen molar-refractivity contribution in [2.24, 2.45) is 4.99 Å². The van der Waals surface area contributed by atoms with Crippen LogP contribution in [-0.2, 0) is 13.1 Å². The van der Waals surface area contributed by atoms with Crippen molar-refractivity contribution in [2.75, 3.05) is 13.1 Å². The minimum Gasteiger partial charge on any atom is -0.357 e. The monoisotopic (exact) mass is 363 g/mol. The van der Waals surface area contributed by atoms with Gasteiger partial charge in [-0.25, -0.2) is 4.99 Å². The van der Waals surface area contributed by atoms with Gasteiger partial charge in [-0.1, -0.05) is 28.1 Å². The maximum absolute atomic E-state index is 4.60. The van der Waals surface area contributed by atoms with Crippen LogP contribution in [-0.4, -0.2) is 28.8 Å². The molecule has 2 aromatic rings. The van der Waals surface area contributed by atoms with E-state index in [4.69, 9.17) is 0 Å². The van der Waals surface area contributed by atoms with Crippen LogP contribution >= 0.6 is 15.9 Å². The first-order valence-corrected chi connectivity index (χ1v) is 8.31. The lowest BCUT2D eigenvalue weighted by Gasteiger charge is -2.11. The van der Waals surface area contributed by atoms with Crippen LogP contribution in [0.4, 0.5) is 0 Å². The van der Waals surface area contributed by atoms with Crippen LogP contribution in [0, 0.1) is 0 Å². The van der Waals surface area contributed by atoms with Crippen LogP contribution in [0.3, 0.4) is 0 Å². The van der Waals surface area contributed by atoms with Gasteiger partial charge in [-0.3, -0.25) is 4.68 Å². The van der Waals surface area contributed by atoms with Gasteiger partial charge in [0, 0.05) is 36.5 Å². The molecule has 0 aliphatic rings. The topological polar surface area (TPSA) is 54.2 Å². The second-order valence-electron chi connectivity index (χ2n) is 4.87. The standard InChI is InChI=1S/C16H22BrN5/c1-2-18-16(19-9-3-11-22-12-4-10-21-22)20-13-14-5-7-15(17)8-6-14/h4-8,10,12H,2-3,9,11,13H2,1H3,(H2,18,19,20). The molecule has 0 bridgehead atoms. The Kier molecular flexibility index (Phi) is 6.96. The Hall–Kier alpha value is -1.82. The van der Waals surface area contributed by atoms with Gasteiger partial charge >= 0.3 is 0 Å². The molecule has 0 saturated heterocycles. The van der Waals surface area contributed by atoms with Gasteiger partial charge in [-0.2, -0.15) is 5.10 Å². The van der Waals surface area contributed by atoms with E-state index in [0.717, 1.165) is 36.5 Å². The summed E-state index contributed by atoms with van der Waals surface area (Å²) in [6.45, 7) is 5.37. The molecule has 0 atom stereocenters. The van der Waals surface area contributed by atoms with Crippen LogP contribution < -0.4 is 10.6 Å². The van der Waals surface area contributed by atoms with Gasteiger partial charge in [0.1, 0.15) is 0 Å². The molecule has 22 heavy (non-hydrogen) atoms. The predicted octanol–water partition coefficient (Wildman–Crippen LogP) is 2.79. The third-order valence-corrected chi connectivity index (χ3v) is 3.62. The number of benzene rings is 1. The first kappa shape index (κ1) is 16.5. The Labute approximate surface area is 140 Å². The maximum atomic E-state index is 4.60. The van der Waals surface area contributed by atoms with Gasteiger partial charge in [-0.15, -0.1) is 0 Å². The summed E-state index contributed by atoms with van der Waals surface area (Å²) in [6.07, 6.45) is 4.79. The van der Waals surface area contributed by atoms with Crippen LogP contribution in [0.2, 0.25) is 0 Å². The van der Waals surface area contributed by atoms with Crippen molar-refractivity contribution in [1.29, 1.82) is 0 Å². The fourth-order valence-electron chi connectivity index (χ4n) is 1.98. The van der Waals surface area contributed by atoms with E-state index in [1.54, 1.807) is 6.20 Å². The first-order chi connectivity index (χ1) is 10.8. The summed E-state index contributed by atoms with van der Waals surface area (Å²) < 4.78 is 3.02. The molecular formula is C16H22BrN5. The number of aryl methyl sites for hydroxylation is 1. The van der Waals surface area contributed by atoms with Gasteiger partial charge in [0.2, 0.25) is 0 Å². The van der Waals surface area contributed by atoms with Crippen molar-refractivity contribution < 1.29 is 0 Å². The minimum atomic E-state index is 0.668. The predicted molar refractivity (Wildman–Crippen MR) is 93.8 cm³/mol. The molecule has 118 valence electrons. The van der Waals surface area contributed by atoms with E-state index in [9.17, 15) is 0 Å². The normalized spacial score (nSPS) is 11.5. The van der Waals surface area contributed by atoms with E-state index in [1.165, 1.54) is 5.56 Å². The lowest BCUT2D eigenvalue weighted by molar-refractivity contribution is 0.570. The molecule has 6 heteroatoms. The summed E-state index contributed by atoms with van der Waals surface area (Å²) >= 11 is 3.44. The number of nitrogens with one attached hydrogen (secondary N) is 2. The van der Waals surface area contributed by atoms with Gasteiger partial charge in [0.05, 0.1) is 6.54 Å². The van der Waals surface area contributed by atoms with Crippen molar-refractivity contribution in [2.45, 2.75) is 26.4 Å². The molecule has 0 radical (unpaired) electrons. The van der Waals surface area contributed by atoms with E-state index in [0.29, 0.717) is 6.54 Å². The zero-order chi connectivity index (χ0) is 15.6. The molecule has 0 aliphatic heterocycles. The molecule has 2 N–H and O–H groups in total. The van der Waals surface area contributed by atoms with Crippen molar-refractivity contribution in [3.8, 4) is 0 Å². The fraction of sp³-hybridized carbons (Fsp3) is 0.375. The third kappa shape index (κ3) is 5.89. The summed E-state index contributed by atoms with van der Waals surface area (Å²) in [5.41, 5.74) is 1.19. The Morgan fingerprint density at radius 3 is 2.77 bits per heavy atom. The van der Waals surface area contributed by atoms with E-state index in [1.807, 2.05) is 29.1 Å². The number of aliphatic imine (C=N–C) groups is 1. The number of aromatic nitrogens is 2. The highest BCUT2D eigenvalue weighted by molar-refractivity contribution is 9.10. The van der Waals surface area contributed by atoms with E-state index >= 15 is 0 Å². The average molecular weight is 364 g/mol. The number of hydrogen-bond acceptors (Lipinski definition) is 2. The molecule has 1 aromatic heterocycles. The maximum Gasteiger partial charge on any atom is 0.191 e. The SMILES string of the molecule is CCNC(=NCc1ccc(Br)cc1)NCCCn1cccn1. The van der Waals surface area contributed by atoms with Crippen molar-refractivity contribution in [1.82, 2.24) is 20.4 Å². The van der Waals surface area contributed by atoms with Crippen LogP contribution in [0.15, 0.2) is 52.2 Å². The first-order valence-electron chi connectivity index (χ1n) is 7.52. The highest BCUT2D eigenvalue weighted by atomic mass is 79.9. The van der Waals surface area contributed by atoms with E-state index in [2.05, 4.69) is 55.7 Å². The smallest absolute Gasteiger partial charge is 0.191 e. The molecule has 0 fully saturated rings. The molecular weight excluding hydrogens is 342 g/mol. The Morgan fingerprint density at radius 1 is 1.27 bits per heavy atom. The summed E-state index contributed by atoms with van der Waals surface area (Å²) in [6, 6.07) is 10.2. The van der Waals surface area contributed by atoms with Crippen molar-refractivity contribution in [3.05, 3.63) is 52.8 Å². The Bertz CT molecular complexity index is 563. The molecule has 1 aromatic carbocycles. The molecule has 0 unspecified atom stereocenters. The second-order valence-corrected chi connectivity index (χ2v) is 5.79. The number of rotatable bonds is 7. The zero-order valence-corrected chi connectivity index (χ0v) is 14.4. The van der Waals surface area contributed by atoms with E-state index in [-0.39, 0.29) is 0 Å². The molecule has 0 spiro atoms. The van der Waals surface area contributed by atoms with Crippen molar-refractivity contribution in [3.63, 3.8) is 0 Å². The summed E-state index contributed by atoms with van der Waals surface area (Å²) in [7, 11) is 0. The second kappa shape index (κ2) is 9.25. The number of guanidine groups is 1. The number of hydrogen-bond donors (Lipinski definition) is 2. The zero-order valence-electron chi connectivity index (χ0n) is 12.8. The summed E-state index contributed by atoms with van der Waals surface area (Å²) in [4.78, 5) is 4.60. The summed E-state index contributed by atoms with van der Waals surface area (Å²) in [5, 5.41) is 10.8. The Morgan fingerprint density at radius 2 is 2.09 bits per heavy atom. The van der Waals surface area contributed by atoms with Crippen LogP contribution in [0.1, 0.15) is 18.9 Å². The lowest BCUT2D eigenvalue weighted by atomic mass is 10.2. The molecule has 5 nitrogen and oxygen atoms in total. The number of halogens is 1. The summed E-state index contributed by atoms with van der Waals surface area (Å²) in [5.74, 6) is 0.853.